The molecule has 0 rings (SSSR count). The van der Waals surface area contributed by atoms with E-state index in [1.54, 1.807) is 0 Å². The van der Waals surface area contributed by atoms with Crippen molar-refractivity contribution in [2.75, 3.05) is 26.4 Å². The zero-order valence-electron chi connectivity index (χ0n) is 34.1. The van der Waals surface area contributed by atoms with Crippen LogP contribution in [0.15, 0.2) is 97.2 Å². The van der Waals surface area contributed by atoms with Crippen LogP contribution in [-0.4, -0.2) is 49.3 Å². The van der Waals surface area contributed by atoms with Gasteiger partial charge in [-0.1, -0.05) is 137 Å². The first-order valence-electron chi connectivity index (χ1n) is 20.7. The van der Waals surface area contributed by atoms with Gasteiger partial charge in [-0.05, 0) is 89.9 Å². The summed E-state index contributed by atoms with van der Waals surface area (Å²) in [5.41, 5.74) is 5.34. The van der Waals surface area contributed by atoms with Crippen molar-refractivity contribution in [3.8, 4) is 0 Å². The molecular weight excluding hydrogens is 713 g/mol. The minimum atomic E-state index is -4.40. The van der Waals surface area contributed by atoms with Crippen molar-refractivity contribution in [2.24, 2.45) is 5.73 Å². The predicted molar refractivity (Wildman–Crippen MR) is 228 cm³/mol. The van der Waals surface area contributed by atoms with Crippen LogP contribution < -0.4 is 5.73 Å². The maximum absolute atomic E-state index is 12.6. The predicted octanol–water partition coefficient (Wildman–Crippen LogP) is 11.8. The first kappa shape index (κ1) is 51.9. The topological polar surface area (TPSA) is 134 Å². The number of phosphoric acid groups is 1. The minimum Gasteiger partial charge on any atom is -0.462 e. The lowest BCUT2D eigenvalue weighted by atomic mass is 10.1. The molecule has 0 aromatic rings. The number of phosphoric ester groups is 1. The minimum absolute atomic E-state index is 0.0375. The maximum Gasteiger partial charge on any atom is 0.472 e. The molecule has 55 heavy (non-hydrogen) atoms. The Morgan fingerprint density at radius 3 is 1.36 bits per heavy atom. The molecule has 0 aromatic carbocycles. The molecule has 0 amide bonds. The molecule has 9 nitrogen and oxygen atoms in total. The van der Waals surface area contributed by atoms with E-state index in [0.717, 1.165) is 89.9 Å². The fourth-order valence-corrected chi connectivity index (χ4v) is 5.61. The van der Waals surface area contributed by atoms with Gasteiger partial charge < -0.3 is 20.1 Å². The number of esters is 2. The molecule has 3 N–H and O–H groups in total. The summed E-state index contributed by atoms with van der Waals surface area (Å²) in [5.74, 6) is -0.913. The number of nitrogens with two attached hydrogens (primary N) is 1. The zero-order valence-corrected chi connectivity index (χ0v) is 35.0. The van der Waals surface area contributed by atoms with Crippen molar-refractivity contribution >= 4 is 19.8 Å². The number of rotatable bonds is 37. The van der Waals surface area contributed by atoms with Gasteiger partial charge in [-0.25, -0.2) is 4.57 Å². The third-order valence-electron chi connectivity index (χ3n) is 7.90. The lowest BCUT2D eigenvalue weighted by Gasteiger charge is -2.19. The second-order valence-corrected chi connectivity index (χ2v) is 14.6. The highest BCUT2D eigenvalue weighted by Crippen LogP contribution is 2.43. The molecule has 10 heteroatoms. The molecule has 0 saturated heterocycles. The van der Waals surface area contributed by atoms with Gasteiger partial charge in [0.2, 0.25) is 0 Å². The smallest absolute Gasteiger partial charge is 0.462 e. The molecule has 0 aliphatic heterocycles. The van der Waals surface area contributed by atoms with Crippen LogP contribution in [0.5, 0.6) is 0 Å². The van der Waals surface area contributed by atoms with Gasteiger partial charge in [0.05, 0.1) is 13.2 Å². The Morgan fingerprint density at radius 1 is 0.545 bits per heavy atom. The first-order valence-corrected chi connectivity index (χ1v) is 22.2. The fraction of sp³-hybridized carbons (Fsp3) is 0.600. The van der Waals surface area contributed by atoms with Crippen LogP contribution >= 0.6 is 7.82 Å². The Labute approximate surface area is 334 Å². The molecule has 0 bridgehead atoms. The summed E-state index contributed by atoms with van der Waals surface area (Å²) >= 11 is 0. The third-order valence-corrected chi connectivity index (χ3v) is 8.89. The van der Waals surface area contributed by atoms with E-state index in [-0.39, 0.29) is 32.6 Å². The lowest BCUT2D eigenvalue weighted by Crippen LogP contribution is -2.29. The van der Waals surface area contributed by atoms with E-state index < -0.39 is 32.5 Å². The van der Waals surface area contributed by atoms with E-state index in [0.29, 0.717) is 12.8 Å². The lowest BCUT2D eigenvalue weighted by molar-refractivity contribution is -0.161. The standard InChI is InChI=1S/C45H74NO8P/c1-3-5-7-9-11-13-15-17-19-21-23-25-27-29-31-33-35-37-44(47)51-41-43(42-53-55(49,50)52-40-39-46)54-45(48)38-36-34-32-30-28-26-24-22-20-18-16-14-12-10-8-6-4-2/h7-10,13-16,19-22,25-28,43H,3-6,11-12,17-18,23-24,29-42,46H2,1-2H3,(H,49,50)/b9-7+,10-8+,15-13+,16-14+,21-19+,22-20+,27-25+,28-26+/t43-/m1/s1. The van der Waals surface area contributed by atoms with Gasteiger partial charge >= 0.3 is 19.8 Å². The summed E-state index contributed by atoms with van der Waals surface area (Å²) in [4.78, 5) is 34.8. The van der Waals surface area contributed by atoms with Crippen LogP contribution in [0, 0.1) is 0 Å². The highest BCUT2D eigenvalue weighted by molar-refractivity contribution is 7.47. The SMILES string of the molecule is CCC/C=C/C/C=C/C/C=C/C/C=C/CCCCCC(=O)OC[C@H](COP(=O)(O)OCCN)OC(=O)CCCCC/C=C/C/C=C/C/C=C/C/C=C/CCC. The number of carbonyl (C=O) groups excluding carboxylic acids is 2. The van der Waals surface area contributed by atoms with Gasteiger partial charge in [0, 0.05) is 19.4 Å². The van der Waals surface area contributed by atoms with Crippen molar-refractivity contribution in [1.82, 2.24) is 0 Å². The average Bonchev–Trinajstić information content (AvgIpc) is 3.17. The molecule has 2 atom stereocenters. The summed E-state index contributed by atoms with van der Waals surface area (Å²) in [6.07, 6.45) is 51.5. The van der Waals surface area contributed by atoms with E-state index in [9.17, 15) is 19.0 Å². The van der Waals surface area contributed by atoms with E-state index >= 15 is 0 Å². The van der Waals surface area contributed by atoms with Gasteiger partial charge in [0.25, 0.3) is 0 Å². The maximum atomic E-state index is 12.6. The van der Waals surface area contributed by atoms with Crippen LogP contribution in [0.25, 0.3) is 0 Å². The zero-order chi connectivity index (χ0) is 40.3. The van der Waals surface area contributed by atoms with Crippen molar-refractivity contribution in [3.05, 3.63) is 97.2 Å². The summed E-state index contributed by atoms with van der Waals surface area (Å²) in [7, 11) is -4.40. The molecule has 0 aliphatic carbocycles. The number of ether oxygens (including phenoxy) is 2. The van der Waals surface area contributed by atoms with E-state index in [1.165, 1.54) is 12.8 Å². The summed E-state index contributed by atoms with van der Waals surface area (Å²) in [6, 6.07) is 0. The Balaban J connectivity index is 4.33. The average molecular weight is 788 g/mol. The summed E-state index contributed by atoms with van der Waals surface area (Å²) in [6.45, 7) is 3.49. The van der Waals surface area contributed by atoms with Gasteiger partial charge in [-0.3, -0.25) is 18.6 Å². The van der Waals surface area contributed by atoms with E-state index in [1.807, 2.05) is 0 Å². The van der Waals surface area contributed by atoms with Gasteiger partial charge in [-0.2, -0.15) is 0 Å². The second kappa shape index (κ2) is 40.6. The molecule has 0 saturated carbocycles. The molecule has 312 valence electrons. The second-order valence-electron chi connectivity index (χ2n) is 13.1. The molecule has 0 spiro atoms. The first-order chi connectivity index (χ1) is 26.8. The number of unbranched alkanes of at least 4 members (excludes halogenated alkanes) is 8. The van der Waals surface area contributed by atoms with Crippen LogP contribution in [0.1, 0.15) is 142 Å². The quantitative estimate of drug-likeness (QED) is 0.0273. The van der Waals surface area contributed by atoms with E-state index in [2.05, 4.69) is 111 Å². The molecule has 0 aliphatic rings. The van der Waals surface area contributed by atoms with Gasteiger partial charge in [-0.15, -0.1) is 0 Å². The van der Waals surface area contributed by atoms with Crippen molar-refractivity contribution in [2.45, 2.75) is 148 Å². The molecule has 0 fully saturated rings. The van der Waals surface area contributed by atoms with Crippen molar-refractivity contribution < 1.29 is 37.6 Å². The number of hydrogen-bond acceptors (Lipinski definition) is 8. The van der Waals surface area contributed by atoms with Crippen LogP contribution in [0.2, 0.25) is 0 Å². The molecule has 0 radical (unpaired) electrons. The molecule has 0 aromatic heterocycles. The van der Waals surface area contributed by atoms with Crippen LogP contribution in [0.4, 0.5) is 0 Å². The number of allylic oxidation sites excluding steroid dienone is 16. The normalized spacial score (nSPS) is 14.3. The highest BCUT2D eigenvalue weighted by atomic mass is 31.2. The van der Waals surface area contributed by atoms with E-state index in [4.69, 9.17) is 24.3 Å². The Bertz CT molecular complexity index is 1220. The fourth-order valence-electron chi connectivity index (χ4n) is 4.85. The molecule has 0 heterocycles. The Hall–Kier alpha value is -3.07. The van der Waals surface area contributed by atoms with Crippen LogP contribution in [0.3, 0.4) is 0 Å². The monoisotopic (exact) mass is 788 g/mol. The largest absolute Gasteiger partial charge is 0.472 e. The van der Waals surface area contributed by atoms with Crippen molar-refractivity contribution in [3.63, 3.8) is 0 Å². The number of carbonyl (C=O) groups is 2. The molecular formula is C45H74NO8P. The Kier molecular flexibility index (Phi) is 38.3. The summed E-state index contributed by atoms with van der Waals surface area (Å²) in [5, 5.41) is 0. The Morgan fingerprint density at radius 2 is 0.945 bits per heavy atom. The van der Waals surface area contributed by atoms with Gasteiger partial charge in [0.1, 0.15) is 6.61 Å². The van der Waals surface area contributed by atoms with Gasteiger partial charge in [0.15, 0.2) is 6.10 Å². The van der Waals surface area contributed by atoms with Crippen molar-refractivity contribution in [1.29, 1.82) is 0 Å². The number of hydrogen-bond donors (Lipinski definition) is 2. The highest BCUT2D eigenvalue weighted by Gasteiger charge is 2.25. The van der Waals surface area contributed by atoms with Crippen LogP contribution in [-0.2, 0) is 32.7 Å². The molecule has 1 unspecified atom stereocenters. The summed E-state index contributed by atoms with van der Waals surface area (Å²) < 4.78 is 32.7. The third kappa shape index (κ3) is 40.4.